The second-order valence-electron chi connectivity index (χ2n) is 7.68. The van der Waals surface area contributed by atoms with E-state index in [-0.39, 0.29) is 0 Å². The van der Waals surface area contributed by atoms with E-state index in [2.05, 4.69) is 60.6 Å². The molecule has 1 aromatic carbocycles. The summed E-state index contributed by atoms with van der Waals surface area (Å²) in [6, 6.07) is 4.96. The molecule has 0 spiro atoms. The Balaban J connectivity index is 2.69. The van der Waals surface area contributed by atoms with Gasteiger partial charge in [-0.1, -0.05) is 53.7 Å². The second-order valence-corrected chi connectivity index (χ2v) is 7.68. The highest BCUT2D eigenvalue weighted by molar-refractivity contribution is 5.47. The molecule has 0 N–H and O–H groups in total. The molecule has 0 heterocycles. The number of hydrogen-bond donors (Lipinski definition) is 0. The molecule has 0 aliphatic heterocycles. The van der Waals surface area contributed by atoms with Crippen molar-refractivity contribution in [2.45, 2.75) is 78.1 Å². The van der Waals surface area contributed by atoms with E-state index in [0.717, 1.165) is 0 Å². The third kappa shape index (κ3) is 2.11. The molecule has 0 bridgehead atoms. The maximum absolute atomic E-state index is 2.50. The van der Waals surface area contributed by atoms with E-state index < -0.39 is 0 Å². The Morgan fingerprint density at radius 2 is 1.33 bits per heavy atom. The van der Waals surface area contributed by atoms with Gasteiger partial charge in [0.25, 0.3) is 0 Å². The van der Waals surface area contributed by atoms with Gasteiger partial charge < -0.3 is 0 Å². The summed E-state index contributed by atoms with van der Waals surface area (Å²) in [5.41, 5.74) is 6.84. The van der Waals surface area contributed by atoms with Crippen molar-refractivity contribution in [2.24, 2.45) is 0 Å². The summed E-state index contributed by atoms with van der Waals surface area (Å²) in [6.07, 6.45) is 2.60. The third-order valence-electron chi connectivity index (χ3n) is 4.86. The molecule has 0 atom stereocenters. The first kappa shape index (κ1) is 13.6. The highest BCUT2D eigenvalue weighted by Gasteiger charge is 2.37. The van der Waals surface area contributed by atoms with Crippen LogP contribution in [0.2, 0.25) is 0 Å². The van der Waals surface area contributed by atoms with Crippen molar-refractivity contribution in [3.63, 3.8) is 0 Å². The third-order valence-corrected chi connectivity index (χ3v) is 4.86. The summed E-state index contributed by atoms with van der Waals surface area (Å²) in [6.45, 7) is 16.5. The van der Waals surface area contributed by atoms with E-state index in [1.807, 2.05) is 0 Å². The van der Waals surface area contributed by atoms with Crippen molar-refractivity contribution >= 4 is 0 Å². The molecular formula is C18H28. The maximum atomic E-state index is 2.50. The van der Waals surface area contributed by atoms with E-state index in [9.17, 15) is 0 Å². The normalized spacial score (nSPS) is 20.9. The van der Waals surface area contributed by atoms with E-state index in [1.165, 1.54) is 24.0 Å². The van der Waals surface area contributed by atoms with Gasteiger partial charge in [0, 0.05) is 0 Å². The van der Waals surface area contributed by atoms with E-state index >= 15 is 0 Å². The molecule has 0 radical (unpaired) electrons. The fourth-order valence-electron chi connectivity index (χ4n) is 3.36. The fourth-order valence-corrected chi connectivity index (χ4v) is 3.36. The first-order chi connectivity index (χ1) is 8.15. The summed E-state index contributed by atoms with van der Waals surface area (Å²) in [5.74, 6) is 0.621. The predicted molar refractivity (Wildman–Crippen MR) is 80.6 cm³/mol. The maximum Gasteiger partial charge on any atom is -0.0100 e. The van der Waals surface area contributed by atoms with Crippen molar-refractivity contribution in [3.8, 4) is 0 Å². The molecule has 1 aliphatic rings. The zero-order valence-electron chi connectivity index (χ0n) is 13.1. The quantitative estimate of drug-likeness (QED) is 0.614. The average molecular weight is 244 g/mol. The van der Waals surface area contributed by atoms with Crippen molar-refractivity contribution in [1.29, 1.82) is 0 Å². The molecule has 1 aromatic rings. The van der Waals surface area contributed by atoms with Gasteiger partial charge in [0.1, 0.15) is 0 Å². The van der Waals surface area contributed by atoms with Gasteiger partial charge in [-0.25, -0.2) is 0 Å². The summed E-state index contributed by atoms with van der Waals surface area (Å²) < 4.78 is 0. The molecule has 0 fully saturated rings. The molecule has 0 saturated carbocycles. The monoisotopic (exact) mass is 244 g/mol. The van der Waals surface area contributed by atoms with Crippen LogP contribution in [0.25, 0.3) is 0 Å². The molecule has 0 heteroatoms. The minimum Gasteiger partial charge on any atom is -0.0587 e. The Bertz CT molecular complexity index is 461. The van der Waals surface area contributed by atoms with Gasteiger partial charge in [0.15, 0.2) is 0 Å². The van der Waals surface area contributed by atoms with Crippen LogP contribution in [0.15, 0.2) is 12.1 Å². The van der Waals surface area contributed by atoms with E-state index in [4.69, 9.17) is 0 Å². The van der Waals surface area contributed by atoms with Crippen LogP contribution >= 0.6 is 0 Å². The van der Waals surface area contributed by atoms with Crippen LogP contribution in [0, 0.1) is 6.92 Å². The van der Waals surface area contributed by atoms with Crippen molar-refractivity contribution in [3.05, 3.63) is 34.4 Å². The first-order valence-corrected chi connectivity index (χ1v) is 7.31. The highest BCUT2D eigenvalue weighted by Crippen LogP contribution is 2.47. The molecular weight excluding hydrogens is 216 g/mol. The molecule has 100 valence electrons. The van der Waals surface area contributed by atoms with Gasteiger partial charge in [0.2, 0.25) is 0 Å². The minimum atomic E-state index is 0.336. The lowest BCUT2D eigenvalue weighted by Gasteiger charge is -2.42. The largest absolute Gasteiger partial charge is 0.0587 e. The topological polar surface area (TPSA) is 0 Å². The van der Waals surface area contributed by atoms with Gasteiger partial charge in [-0.2, -0.15) is 0 Å². The van der Waals surface area contributed by atoms with Crippen molar-refractivity contribution in [1.82, 2.24) is 0 Å². The Kier molecular flexibility index (Phi) is 3.12. The summed E-state index contributed by atoms with van der Waals surface area (Å²) in [5, 5.41) is 0. The van der Waals surface area contributed by atoms with Gasteiger partial charge in [-0.05, 0) is 58.8 Å². The summed E-state index contributed by atoms with van der Waals surface area (Å²) in [4.78, 5) is 0. The lowest BCUT2D eigenvalue weighted by Crippen LogP contribution is -2.34. The zero-order valence-corrected chi connectivity index (χ0v) is 13.1. The minimum absolute atomic E-state index is 0.336. The van der Waals surface area contributed by atoms with Gasteiger partial charge in [-0.15, -0.1) is 0 Å². The standard InChI is InChI=1S/C18H28/c1-12(2)14-11-16-15(10-13(14)3)17(4,5)8-9-18(16,6)7/h10-12H,8-9H2,1-7H3. The Labute approximate surface area is 113 Å². The molecule has 0 saturated heterocycles. The number of aryl methyl sites for hydroxylation is 1. The number of benzene rings is 1. The second kappa shape index (κ2) is 4.11. The lowest BCUT2D eigenvalue weighted by atomic mass is 9.62. The van der Waals surface area contributed by atoms with E-state index in [0.29, 0.717) is 16.7 Å². The molecule has 18 heavy (non-hydrogen) atoms. The number of hydrogen-bond acceptors (Lipinski definition) is 0. The number of rotatable bonds is 1. The Morgan fingerprint density at radius 3 is 1.78 bits per heavy atom. The van der Waals surface area contributed by atoms with Crippen LogP contribution in [0.5, 0.6) is 0 Å². The fraction of sp³-hybridized carbons (Fsp3) is 0.667. The Morgan fingerprint density at radius 1 is 0.889 bits per heavy atom. The van der Waals surface area contributed by atoms with E-state index in [1.54, 1.807) is 11.1 Å². The van der Waals surface area contributed by atoms with Crippen LogP contribution < -0.4 is 0 Å². The molecule has 0 unspecified atom stereocenters. The van der Waals surface area contributed by atoms with Crippen LogP contribution in [0.1, 0.15) is 82.6 Å². The van der Waals surface area contributed by atoms with Gasteiger partial charge in [-0.3, -0.25) is 0 Å². The molecule has 0 amide bonds. The Hall–Kier alpha value is -0.780. The first-order valence-electron chi connectivity index (χ1n) is 7.31. The van der Waals surface area contributed by atoms with Crippen LogP contribution in [-0.4, -0.2) is 0 Å². The van der Waals surface area contributed by atoms with Crippen LogP contribution in [-0.2, 0) is 10.8 Å². The molecule has 0 nitrogen and oxygen atoms in total. The lowest BCUT2D eigenvalue weighted by molar-refractivity contribution is 0.331. The predicted octanol–water partition coefficient (Wildman–Crippen LogP) is 5.47. The van der Waals surface area contributed by atoms with Crippen molar-refractivity contribution < 1.29 is 0 Å². The van der Waals surface area contributed by atoms with Gasteiger partial charge >= 0.3 is 0 Å². The SMILES string of the molecule is Cc1cc2c(cc1C(C)C)C(C)(C)CCC2(C)C. The number of fused-ring (bicyclic) bond motifs is 1. The average Bonchev–Trinajstić information content (AvgIpc) is 2.24. The van der Waals surface area contributed by atoms with Crippen molar-refractivity contribution in [2.75, 3.05) is 0 Å². The highest BCUT2D eigenvalue weighted by atomic mass is 14.4. The van der Waals surface area contributed by atoms with Crippen LogP contribution in [0.4, 0.5) is 0 Å². The van der Waals surface area contributed by atoms with Crippen LogP contribution in [0.3, 0.4) is 0 Å². The molecule has 0 aromatic heterocycles. The smallest absolute Gasteiger partial charge is 0.0100 e. The molecule has 2 rings (SSSR count). The summed E-state index contributed by atoms with van der Waals surface area (Å²) >= 11 is 0. The zero-order chi connectivity index (χ0) is 13.7. The van der Waals surface area contributed by atoms with Gasteiger partial charge in [0.05, 0.1) is 0 Å². The molecule has 1 aliphatic carbocycles. The summed E-state index contributed by atoms with van der Waals surface area (Å²) in [7, 11) is 0.